The van der Waals surface area contributed by atoms with Gasteiger partial charge in [0.15, 0.2) is 0 Å². The normalized spacial score (nSPS) is 13.4. The average Bonchev–Trinajstić information content (AvgIpc) is 3.16. The summed E-state index contributed by atoms with van der Waals surface area (Å²) in [5.41, 5.74) is 7.23. The molecule has 246 valence electrons. The quantitative estimate of drug-likeness (QED) is 0.106. The molecule has 1 N–H and O–H groups in total. The number of hydrogen-bond donors (Lipinski definition) is 1. The number of nitrogens with zero attached hydrogens (tertiary/aromatic N) is 3. The van der Waals surface area contributed by atoms with Crippen molar-refractivity contribution in [2.45, 2.75) is 26.2 Å². The Hall–Kier alpha value is -6.58. The molecule has 50 heavy (non-hydrogen) atoms. The van der Waals surface area contributed by atoms with E-state index < -0.39 is 5.97 Å². The van der Waals surface area contributed by atoms with Crippen LogP contribution < -0.4 is 9.80 Å². The second kappa shape index (κ2) is 16.0. The van der Waals surface area contributed by atoms with Crippen LogP contribution in [0.25, 0.3) is 6.08 Å². The van der Waals surface area contributed by atoms with Gasteiger partial charge in [0.2, 0.25) is 0 Å². The van der Waals surface area contributed by atoms with E-state index in [1.807, 2.05) is 60.7 Å². The van der Waals surface area contributed by atoms with Gasteiger partial charge in [-0.15, -0.1) is 0 Å². The second-order valence-corrected chi connectivity index (χ2v) is 11.7. The molecule has 6 rings (SSSR count). The van der Waals surface area contributed by atoms with E-state index in [1.165, 1.54) is 0 Å². The van der Waals surface area contributed by atoms with Crippen LogP contribution in [0.4, 0.5) is 34.1 Å². The first kappa shape index (κ1) is 33.3. The van der Waals surface area contributed by atoms with E-state index in [-0.39, 0.29) is 5.57 Å². The maximum Gasteiger partial charge on any atom is 0.347 e. The Kier molecular flexibility index (Phi) is 10.7. The topological polar surface area (TPSA) is 76.8 Å². The molecule has 0 saturated carbocycles. The molecule has 0 aromatic heterocycles. The summed E-state index contributed by atoms with van der Waals surface area (Å²) in [7, 11) is 0. The first-order valence-corrected chi connectivity index (χ1v) is 16.7. The van der Waals surface area contributed by atoms with Crippen molar-refractivity contribution >= 4 is 46.2 Å². The lowest BCUT2D eigenvalue weighted by Gasteiger charge is -2.28. The number of hydrogen-bond acceptors (Lipinski definition) is 5. The SMILES string of the molecule is CCCCC1=C/C(=C(/C#N)C(=O)O)C=C(/C=C/c2ccc(N(c3ccccc3)c3ccc(N(c4ccccc4)c4ccccc4)cc3)cc2)O1. The summed E-state index contributed by atoms with van der Waals surface area (Å²) in [6.45, 7) is 2.08. The third-order valence-corrected chi connectivity index (χ3v) is 8.25. The number of aliphatic carboxylic acids is 1. The molecule has 1 aliphatic rings. The molecule has 6 heteroatoms. The summed E-state index contributed by atoms with van der Waals surface area (Å²) < 4.78 is 6.06. The summed E-state index contributed by atoms with van der Waals surface area (Å²) >= 11 is 0. The summed E-state index contributed by atoms with van der Waals surface area (Å²) in [4.78, 5) is 16.2. The lowest BCUT2D eigenvalue weighted by molar-refractivity contribution is -0.132. The largest absolute Gasteiger partial charge is 0.477 e. The molecular weight excluding hydrogens is 619 g/mol. The summed E-state index contributed by atoms with van der Waals surface area (Å²) in [5, 5.41) is 19.0. The zero-order valence-corrected chi connectivity index (χ0v) is 27.8. The highest BCUT2D eigenvalue weighted by Crippen LogP contribution is 2.39. The highest BCUT2D eigenvalue weighted by atomic mass is 16.5. The van der Waals surface area contributed by atoms with Gasteiger partial charge in [0.25, 0.3) is 0 Å². The van der Waals surface area contributed by atoms with E-state index >= 15 is 0 Å². The zero-order valence-electron chi connectivity index (χ0n) is 27.8. The van der Waals surface area contributed by atoms with Gasteiger partial charge in [0.1, 0.15) is 23.2 Å². The number of para-hydroxylation sites is 3. The fourth-order valence-corrected chi connectivity index (χ4v) is 5.80. The van der Waals surface area contributed by atoms with Crippen molar-refractivity contribution in [1.29, 1.82) is 5.26 Å². The van der Waals surface area contributed by atoms with E-state index in [9.17, 15) is 15.2 Å². The van der Waals surface area contributed by atoms with Crippen LogP contribution in [0.3, 0.4) is 0 Å². The Morgan fingerprint density at radius 1 is 0.660 bits per heavy atom. The van der Waals surface area contributed by atoms with Crippen LogP contribution in [0.1, 0.15) is 31.7 Å². The van der Waals surface area contributed by atoms with Gasteiger partial charge in [-0.05, 0) is 103 Å². The molecule has 0 atom stereocenters. The summed E-state index contributed by atoms with van der Waals surface area (Å²) in [6.07, 6.45) is 9.51. The van der Waals surface area contributed by atoms with Gasteiger partial charge >= 0.3 is 5.97 Å². The van der Waals surface area contributed by atoms with E-state index in [1.54, 1.807) is 12.2 Å². The van der Waals surface area contributed by atoms with Crippen LogP contribution in [0.15, 0.2) is 180 Å². The molecule has 0 saturated heterocycles. The van der Waals surface area contributed by atoms with Crippen LogP contribution in [0.5, 0.6) is 0 Å². The minimum Gasteiger partial charge on any atom is -0.477 e. The van der Waals surface area contributed by atoms with Crippen molar-refractivity contribution in [3.63, 3.8) is 0 Å². The number of anilines is 6. The lowest BCUT2D eigenvalue weighted by atomic mass is 10.0. The molecule has 0 amide bonds. The van der Waals surface area contributed by atoms with Crippen LogP contribution >= 0.6 is 0 Å². The van der Waals surface area contributed by atoms with Crippen LogP contribution in [-0.2, 0) is 9.53 Å². The van der Waals surface area contributed by atoms with Crippen molar-refractivity contribution in [2.24, 2.45) is 0 Å². The molecule has 0 fully saturated rings. The standard InChI is InChI=1S/C44H37N3O3/c1-2-3-19-41-30-34(43(32-45)44(48)49)31-42(50-41)29-22-33-20-23-38(24-21-33)47(37-17-11-6-12-18-37)40-27-25-39(26-28-40)46(35-13-7-4-8-14-35)36-15-9-5-10-16-36/h4-18,20-31H,2-3,19H2,1H3,(H,48,49)/b29-22+,43-34+. The predicted molar refractivity (Wildman–Crippen MR) is 202 cm³/mol. The Balaban J connectivity index is 1.29. The van der Waals surface area contributed by atoms with E-state index in [0.29, 0.717) is 23.5 Å². The zero-order chi connectivity index (χ0) is 34.7. The average molecular weight is 656 g/mol. The molecular formula is C44H37N3O3. The van der Waals surface area contributed by atoms with Gasteiger partial charge in [-0.1, -0.05) is 86.2 Å². The van der Waals surface area contributed by atoms with Gasteiger partial charge in [-0.25, -0.2) is 4.79 Å². The van der Waals surface area contributed by atoms with Gasteiger partial charge in [-0.2, -0.15) is 5.26 Å². The van der Waals surface area contributed by atoms with Crippen LogP contribution in [0, 0.1) is 11.3 Å². The number of benzene rings is 5. The molecule has 6 nitrogen and oxygen atoms in total. The van der Waals surface area contributed by atoms with E-state index in [0.717, 1.165) is 52.5 Å². The molecule has 1 aliphatic heterocycles. The fourth-order valence-electron chi connectivity index (χ4n) is 5.80. The maximum atomic E-state index is 11.7. The Morgan fingerprint density at radius 2 is 1.10 bits per heavy atom. The van der Waals surface area contributed by atoms with Crippen molar-refractivity contribution in [2.75, 3.05) is 9.80 Å². The van der Waals surface area contributed by atoms with Crippen molar-refractivity contribution < 1.29 is 14.6 Å². The number of allylic oxidation sites excluding steroid dienone is 5. The van der Waals surface area contributed by atoms with E-state index in [4.69, 9.17) is 4.74 Å². The molecule has 1 heterocycles. The number of ether oxygens (including phenoxy) is 1. The van der Waals surface area contributed by atoms with Crippen molar-refractivity contribution in [1.82, 2.24) is 0 Å². The molecule has 0 spiro atoms. The first-order chi connectivity index (χ1) is 24.5. The molecule has 5 aromatic carbocycles. The molecule has 5 aromatic rings. The van der Waals surface area contributed by atoms with Crippen LogP contribution in [-0.4, -0.2) is 11.1 Å². The van der Waals surface area contributed by atoms with Crippen molar-refractivity contribution in [3.8, 4) is 6.07 Å². The number of carboxylic acid groups (broad SMARTS) is 1. The Labute approximate surface area is 293 Å². The Bertz CT molecular complexity index is 2040. The smallest absolute Gasteiger partial charge is 0.347 e. The second-order valence-electron chi connectivity index (χ2n) is 11.7. The van der Waals surface area contributed by atoms with Gasteiger partial charge in [0, 0.05) is 46.1 Å². The number of nitriles is 1. The molecule has 0 radical (unpaired) electrons. The fraction of sp³-hybridized carbons (Fsp3) is 0.0909. The third kappa shape index (κ3) is 7.92. The molecule has 0 bridgehead atoms. The number of carbonyl (C=O) groups is 1. The van der Waals surface area contributed by atoms with Gasteiger partial charge in [0.05, 0.1) is 0 Å². The minimum atomic E-state index is -1.26. The van der Waals surface area contributed by atoms with E-state index in [2.05, 4.69) is 114 Å². The predicted octanol–water partition coefficient (Wildman–Crippen LogP) is 11.5. The van der Waals surface area contributed by atoms with Crippen LogP contribution in [0.2, 0.25) is 0 Å². The van der Waals surface area contributed by atoms with Crippen molar-refractivity contribution in [3.05, 3.63) is 186 Å². The maximum absolute atomic E-state index is 11.7. The van der Waals surface area contributed by atoms with Gasteiger partial charge in [-0.3, -0.25) is 0 Å². The third-order valence-electron chi connectivity index (χ3n) is 8.25. The lowest BCUT2D eigenvalue weighted by Crippen LogP contribution is -2.12. The Morgan fingerprint density at radius 3 is 1.52 bits per heavy atom. The number of unbranched alkanes of at least 4 members (excludes halogenated alkanes) is 1. The highest BCUT2D eigenvalue weighted by Gasteiger charge is 2.18. The summed E-state index contributed by atoms with van der Waals surface area (Å²) in [6, 6.07) is 49.6. The first-order valence-electron chi connectivity index (χ1n) is 16.7. The summed E-state index contributed by atoms with van der Waals surface area (Å²) in [5.74, 6) is -0.126. The van der Waals surface area contributed by atoms with Gasteiger partial charge < -0.3 is 19.6 Å². The molecule has 0 unspecified atom stereocenters. The minimum absolute atomic E-state index is 0.306. The molecule has 0 aliphatic carbocycles. The number of rotatable bonds is 12. The monoisotopic (exact) mass is 655 g/mol. The number of carboxylic acids is 1. The highest BCUT2D eigenvalue weighted by molar-refractivity contribution is 5.93.